The number of aliphatic hydroxyl groups is 1. The summed E-state index contributed by atoms with van der Waals surface area (Å²) in [4.78, 5) is 30.8. The number of pyridine rings is 1. The number of fused-ring (bicyclic) bond motifs is 1. The molecule has 1 amide bonds. The molecule has 43 heavy (non-hydrogen) atoms. The maximum absolute atomic E-state index is 13.4. The smallest absolute Gasteiger partial charge is 0.255 e. The van der Waals surface area contributed by atoms with Gasteiger partial charge < -0.3 is 29.5 Å². The Morgan fingerprint density at radius 2 is 1.88 bits per heavy atom. The van der Waals surface area contributed by atoms with E-state index in [9.17, 15) is 9.90 Å². The third-order valence-electron chi connectivity index (χ3n) is 7.52. The van der Waals surface area contributed by atoms with E-state index >= 15 is 0 Å². The van der Waals surface area contributed by atoms with E-state index in [-0.39, 0.29) is 12.5 Å². The molecule has 0 saturated carbocycles. The van der Waals surface area contributed by atoms with Crippen molar-refractivity contribution in [2.24, 2.45) is 0 Å². The van der Waals surface area contributed by atoms with E-state index in [4.69, 9.17) is 16.3 Å². The van der Waals surface area contributed by atoms with E-state index in [1.54, 1.807) is 12.3 Å². The summed E-state index contributed by atoms with van der Waals surface area (Å²) in [5.41, 5.74) is 4.59. The van der Waals surface area contributed by atoms with E-state index in [0.29, 0.717) is 48.3 Å². The van der Waals surface area contributed by atoms with Gasteiger partial charge in [0.05, 0.1) is 21.8 Å². The van der Waals surface area contributed by atoms with E-state index < -0.39 is 0 Å². The molecule has 0 radical (unpaired) electrons. The lowest BCUT2D eigenvalue weighted by molar-refractivity contribution is 0.0663. The van der Waals surface area contributed by atoms with E-state index in [1.807, 2.05) is 70.4 Å². The Kier molecular flexibility index (Phi) is 8.50. The molecule has 11 heteroatoms. The second kappa shape index (κ2) is 12.8. The Morgan fingerprint density at radius 1 is 1.02 bits per heavy atom. The fourth-order valence-electron chi connectivity index (χ4n) is 5.11. The van der Waals surface area contributed by atoms with Crippen molar-refractivity contribution in [3.05, 3.63) is 101 Å². The molecule has 1 aliphatic heterocycles. The zero-order chi connectivity index (χ0) is 29.8. The van der Waals surface area contributed by atoms with Crippen molar-refractivity contribution in [3.63, 3.8) is 0 Å². The zero-order valence-electron chi connectivity index (χ0n) is 23.8. The van der Waals surface area contributed by atoms with Crippen LogP contribution in [0.4, 0.5) is 11.5 Å². The molecule has 10 nitrogen and oxygen atoms in total. The van der Waals surface area contributed by atoms with Crippen LogP contribution >= 0.6 is 11.6 Å². The van der Waals surface area contributed by atoms with Crippen LogP contribution < -0.4 is 10.1 Å². The summed E-state index contributed by atoms with van der Waals surface area (Å²) in [5.74, 6) is 1.16. The van der Waals surface area contributed by atoms with Gasteiger partial charge in [0.15, 0.2) is 0 Å². The maximum Gasteiger partial charge on any atom is 0.255 e. The third kappa shape index (κ3) is 6.46. The quantitative estimate of drug-likeness (QED) is 0.251. The van der Waals surface area contributed by atoms with Crippen molar-refractivity contribution in [2.75, 3.05) is 45.2 Å². The van der Waals surface area contributed by atoms with E-state index in [2.05, 4.69) is 32.2 Å². The standard InChI is InChI=1S/C32H32ClN7O3/c1-38-11-13-39(14-12-38)32(42)27-19-40(18-22(27)9-15-41)25-6-7-29-26(17-25)31(36-21-35-29)37-23-5-8-30(28(33)16-23)43-20-24-4-2-3-10-34-24/h2-8,10,16-19,21,41H,9,11-15,20H2,1H3,(H,35,36,37). The minimum Gasteiger partial charge on any atom is -0.486 e. The lowest BCUT2D eigenvalue weighted by Gasteiger charge is -2.32. The Labute approximate surface area is 254 Å². The van der Waals surface area contributed by atoms with E-state index in [0.717, 1.165) is 46.6 Å². The van der Waals surface area contributed by atoms with Crippen molar-refractivity contribution in [1.29, 1.82) is 0 Å². The minimum atomic E-state index is -0.0395. The average Bonchev–Trinajstić information content (AvgIpc) is 3.45. The van der Waals surface area contributed by atoms with Crippen LogP contribution in [-0.4, -0.2) is 80.2 Å². The molecule has 1 fully saturated rings. The number of aliphatic hydroxyl groups excluding tert-OH is 1. The van der Waals surface area contributed by atoms with Gasteiger partial charge >= 0.3 is 0 Å². The number of piperazine rings is 1. The van der Waals surface area contributed by atoms with Crippen LogP contribution in [-0.2, 0) is 13.0 Å². The first-order valence-electron chi connectivity index (χ1n) is 14.1. The molecule has 0 spiro atoms. The topological polar surface area (TPSA) is 109 Å². The first kappa shape index (κ1) is 28.6. The van der Waals surface area contributed by atoms with Crippen LogP contribution in [0.25, 0.3) is 16.6 Å². The van der Waals surface area contributed by atoms with Crippen LogP contribution in [0.15, 0.2) is 79.5 Å². The van der Waals surface area contributed by atoms with Crippen LogP contribution in [0.5, 0.6) is 5.75 Å². The van der Waals surface area contributed by atoms with Gasteiger partial charge in [0, 0.05) is 68.1 Å². The number of halogens is 1. The zero-order valence-corrected chi connectivity index (χ0v) is 24.5. The first-order chi connectivity index (χ1) is 21.0. The molecule has 1 saturated heterocycles. The van der Waals surface area contributed by atoms with Crippen molar-refractivity contribution in [3.8, 4) is 11.4 Å². The Bertz CT molecular complexity index is 1740. The molecule has 0 atom stereocenters. The van der Waals surface area contributed by atoms with E-state index in [1.165, 1.54) is 6.33 Å². The number of rotatable bonds is 9. The lowest BCUT2D eigenvalue weighted by Crippen LogP contribution is -2.47. The molecular weight excluding hydrogens is 566 g/mol. The van der Waals surface area contributed by atoms with Gasteiger partial charge in [0.25, 0.3) is 5.91 Å². The van der Waals surface area contributed by atoms with Gasteiger partial charge in [-0.2, -0.15) is 0 Å². The minimum absolute atomic E-state index is 0.00823. The second-order valence-corrected chi connectivity index (χ2v) is 10.9. The largest absolute Gasteiger partial charge is 0.486 e. The second-order valence-electron chi connectivity index (χ2n) is 10.5. The number of carbonyl (C=O) groups is 1. The Hall–Kier alpha value is -4.51. The van der Waals surface area contributed by atoms with Crippen molar-refractivity contribution in [2.45, 2.75) is 13.0 Å². The van der Waals surface area contributed by atoms with Crippen LogP contribution in [0.3, 0.4) is 0 Å². The average molecular weight is 598 g/mol. The monoisotopic (exact) mass is 597 g/mol. The Morgan fingerprint density at radius 3 is 2.65 bits per heavy atom. The SMILES string of the molecule is CN1CCN(C(=O)c2cn(-c3ccc4ncnc(Nc5ccc(OCc6ccccn6)c(Cl)c5)c4c3)cc2CCO)CC1. The van der Waals surface area contributed by atoms with Gasteiger partial charge in [-0.15, -0.1) is 0 Å². The van der Waals surface area contributed by atoms with Gasteiger partial charge in [-0.05, 0) is 67.6 Å². The summed E-state index contributed by atoms with van der Waals surface area (Å²) in [6, 6.07) is 17.0. The normalized spacial score (nSPS) is 13.8. The number of ether oxygens (including phenoxy) is 1. The molecule has 0 aliphatic carbocycles. The summed E-state index contributed by atoms with van der Waals surface area (Å²) in [6.07, 6.45) is 7.40. The number of carbonyl (C=O) groups excluding carboxylic acids is 1. The number of hydrogen-bond acceptors (Lipinski definition) is 8. The lowest BCUT2D eigenvalue weighted by atomic mass is 10.1. The Balaban J connectivity index is 1.25. The van der Waals surface area contributed by atoms with Crippen molar-refractivity contribution < 1.29 is 14.6 Å². The molecule has 0 unspecified atom stereocenters. The molecule has 4 heterocycles. The highest BCUT2D eigenvalue weighted by molar-refractivity contribution is 6.32. The molecular formula is C32H32ClN7O3. The number of nitrogens with zero attached hydrogens (tertiary/aromatic N) is 6. The van der Waals surface area contributed by atoms with Gasteiger partial charge in [-0.3, -0.25) is 9.78 Å². The fourth-order valence-corrected chi connectivity index (χ4v) is 5.35. The summed E-state index contributed by atoms with van der Waals surface area (Å²) < 4.78 is 7.78. The predicted octanol–water partition coefficient (Wildman–Crippen LogP) is 4.71. The van der Waals surface area contributed by atoms with Crippen LogP contribution in [0.2, 0.25) is 5.02 Å². The van der Waals surface area contributed by atoms with Gasteiger partial charge in [-0.25, -0.2) is 9.97 Å². The maximum atomic E-state index is 13.4. The molecule has 2 N–H and O–H groups in total. The highest BCUT2D eigenvalue weighted by Gasteiger charge is 2.24. The molecule has 220 valence electrons. The highest BCUT2D eigenvalue weighted by atomic mass is 35.5. The van der Waals surface area contributed by atoms with Gasteiger partial charge in [0.1, 0.15) is 24.5 Å². The molecule has 6 rings (SSSR count). The molecule has 0 bridgehead atoms. The number of nitrogens with one attached hydrogen (secondary N) is 1. The molecule has 2 aromatic carbocycles. The number of anilines is 2. The summed E-state index contributed by atoms with van der Waals surface area (Å²) in [6.45, 7) is 3.32. The fraction of sp³-hybridized carbons (Fsp3) is 0.250. The third-order valence-corrected chi connectivity index (χ3v) is 7.82. The van der Waals surface area contributed by atoms with Gasteiger partial charge in [0.2, 0.25) is 0 Å². The molecule has 5 aromatic rings. The molecule has 3 aromatic heterocycles. The van der Waals surface area contributed by atoms with Crippen LogP contribution in [0, 0.1) is 0 Å². The number of hydrogen-bond donors (Lipinski definition) is 2. The number of likely N-dealkylation sites (N-methyl/N-ethyl adjacent to an activating group) is 1. The number of amides is 1. The van der Waals surface area contributed by atoms with Gasteiger partial charge in [-0.1, -0.05) is 17.7 Å². The van der Waals surface area contributed by atoms with Crippen molar-refractivity contribution >= 4 is 39.9 Å². The summed E-state index contributed by atoms with van der Waals surface area (Å²) in [7, 11) is 2.06. The first-order valence-corrected chi connectivity index (χ1v) is 14.5. The van der Waals surface area contributed by atoms with Crippen molar-refractivity contribution in [1.82, 2.24) is 29.3 Å². The number of aromatic nitrogens is 4. The number of benzene rings is 2. The summed E-state index contributed by atoms with van der Waals surface area (Å²) >= 11 is 6.54. The highest BCUT2D eigenvalue weighted by Crippen LogP contribution is 2.32. The predicted molar refractivity (Wildman–Crippen MR) is 166 cm³/mol. The van der Waals surface area contributed by atoms with Crippen LogP contribution in [0.1, 0.15) is 21.6 Å². The molecule has 1 aliphatic rings. The summed E-state index contributed by atoms with van der Waals surface area (Å²) in [5, 5.41) is 14.3.